The van der Waals surface area contributed by atoms with Crippen LogP contribution in [0, 0.1) is 5.41 Å². The van der Waals surface area contributed by atoms with Gasteiger partial charge in [-0.05, 0) is 30.5 Å². The first-order valence-corrected chi connectivity index (χ1v) is 9.77. The molecule has 2 saturated heterocycles. The number of rotatable bonds is 3. The largest absolute Gasteiger partial charge is 0.445 e. The maximum absolute atomic E-state index is 12.5. The standard InChI is InChI=1S/C22H23N3O3/c26-21(27-16-17-6-2-1-3-7-17)24-14-11-22(12-15-24)18-9-10-19(22)28-25(18)20-8-4-5-13-23-20/h1-10,13,18-19H,11-12,14-16H2/t18-,19+/m0/s1. The van der Waals surface area contributed by atoms with Crippen molar-refractivity contribution in [3.8, 4) is 0 Å². The van der Waals surface area contributed by atoms with Crippen molar-refractivity contribution < 1.29 is 14.4 Å². The molecule has 2 atom stereocenters. The topological polar surface area (TPSA) is 54.9 Å². The molecule has 1 aromatic heterocycles. The van der Waals surface area contributed by atoms with E-state index in [1.807, 2.05) is 58.5 Å². The fourth-order valence-corrected chi connectivity index (χ4v) is 4.57. The van der Waals surface area contributed by atoms with Crippen molar-refractivity contribution in [2.45, 2.75) is 31.6 Å². The zero-order chi connectivity index (χ0) is 19.0. The van der Waals surface area contributed by atoms with E-state index in [1.54, 1.807) is 6.20 Å². The number of carbonyl (C=O) groups excluding carboxylic acids is 1. The Kier molecular flexibility index (Phi) is 4.28. The van der Waals surface area contributed by atoms with Gasteiger partial charge in [0.2, 0.25) is 0 Å². The highest BCUT2D eigenvalue weighted by Crippen LogP contribution is 2.52. The Bertz CT molecular complexity index is 863. The molecule has 1 spiro atoms. The van der Waals surface area contributed by atoms with Gasteiger partial charge in [-0.1, -0.05) is 48.6 Å². The molecule has 0 N–H and O–H groups in total. The minimum atomic E-state index is -0.237. The van der Waals surface area contributed by atoms with Crippen LogP contribution in [0.5, 0.6) is 0 Å². The summed E-state index contributed by atoms with van der Waals surface area (Å²) in [5, 5.41) is 1.94. The third-order valence-corrected chi connectivity index (χ3v) is 6.14. The van der Waals surface area contributed by atoms with Crippen LogP contribution < -0.4 is 5.06 Å². The molecule has 2 aromatic rings. The van der Waals surface area contributed by atoms with Crippen LogP contribution in [0.4, 0.5) is 10.6 Å². The van der Waals surface area contributed by atoms with Crippen molar-refractivity contribution in [1.82, 2.24) is 9.88 Å². The number of piperidine rings is 1. The minimum absolute atomic E-state index is 0.00767. The quantitative estimate of drug-likeness (QED) is 0.766. The molecule has 144 valence electrons. The van der Waals surface area contributed by atoms with Crippen LogP contribution >= 0.6 is 0 Å². The number of carbonyl (C=O) groups is 1. The van der Waals surface area contributed by atoms with Gasteiger partial charge in [0, 0.05) is 24.7 Å². The number of ether oxygens (including phenoxy) is 1. The van der Waals surface area contributed by atoms with Crippen LogP contribution in [-0.2, 0) is 16.2 Å². The van der Waals surface area contributed by atoms with Crippen molar-refractivity contribution in [3.63, 3.8) is 0 Å². The highest BCUT2D eigenvalue weighted by atomic mass is 16.7. The second-order valence-electron chi connectivity index (χ2n) is 7.63. The molecule has 1 aliphatic carbocycles. The fourth-order valence-electron chi connectivity index (χ4n) is 4.57. The predicted octanol–water partition coefficient (Wildman–Crippen LogP) is 3.56. The third-order valence-electron chi connectivity index (χ3n) is 6.14. The molecule has 0 radical (unpaired) electrons. The second kappa shape index (κ2) is 6.95. The van der Waals surface area contributed by atoms with Gasteiger partial charge in [0.05, 0.1) is 6.04 Å². The molecule has 6 nitrogen and oxygen atoms in total. The fraction of sp³-hybridized carbons (Fsp3) is 0.364. The SMILES string of the molecule is O=C(OCc1ccccc1)N1CCC2(CC1)[C@@H]1C=C[C@H]2ON1c1ccccn1. The summed E-state index contributed by atoms with van der Waals surface area (Å²) in [4.78, 5) is 24.9. The van der Waals surface area contributed by atoms with Gasteiger partial charge in [0.15, 0.2) is 5.82 Å². The zero-order valence-electron chi connectivity index (χ0n) is 15.6. The number of nitrogens with zero attached hydrogens (tertiary/aromatic N) is 3. The van der Waals surface area contributed by atoms with E-state index in [4.69, 9.17) is 9.57 Å². The van der Waals surface area contributed by atoms with Crippen LogP contribution in [0.2, 0.25) is 0 Å². The lowest BCUT2D eigenvalue weighted by Gasteiger charge is -2.40. The summed E-state index contributed by atoms with van der Waals surface area (Å²) >= 11 is 0. The third kappa shape index (κ3) is 2.85. The smallest absolute Gasteiger partial charge is 0.410 e. The van der Waals surface area contributed by atoms with Crippen molar-refractivity contribution >= 4 is 11.9 Å². The van der Waals surface area contributed by atoms with Crippen molar-refractivity contribution in [2.75, 3.05) is 18.2 Å². The van der Waals surface area contributed by atoms with Crippen molar-refractivity contribution in [3.05, 3.63) is 72.4 Å². The maximum Gasteiger partial charge on any atom is 0.410 e. The molecular formula is C22H23N3O3. The number of hydrogen-bond acceptors (Lipinski definition) is 5. The lowest BCUT2D eigenvalue weighted by atomic mass is 9.72. The van der Waals surface area contributed by atoms with Crippen LogP contribution in [0.25, 0.3) is 0 Å². The van der Waals surface area contributed by atoms with Crippen LogP contribution in [-0.4, -0.2) is 41.2 Å². The summed E-state index contributed by atoms with van der Waals surface area (Å²) in [5.41, 5.74) is 1.01. The number of anilines is 1. The van der Waals surface area contributed by atoms with Crippen LogP contribution in [0.15, 0.2) is 66.9 Å². The van der Waals surface area contributed by atoms with Gasteiger partial charge in [0.25, 0.3) is 0 Å². The maximum atomic E-state index is 12.5. The molecule has 0 saturated carbocycles. The van der Waals surface area contributed by atoms with E-state index in [0.29, 0.717) is 19.7 Å². The van der Waals surface area contributed by atoms with Gasteiger partial charge in [-0.25, -0.2) is 14.8 Å². The molecule has 2 aliphatic heterocycles. The molecular weight excluding hydrogens is 354 g/mol. The van der Waals surface area contributed by atoms with Crippen molar-refractivity contribution in [2.24, 2.45) is 5.41 Å². The number of hydrogen-bond donors (Lipinski definition) is 0. The van der Waals surface area contributed by atoms with Gasteiger partial charge in [-0.2, -0.15) is 0 Å². The van der Waals surface area contributed by atoms with E-state index >= 15 is 0 Å². The Balaban J connectivity index is 1.22. The number of likely N-dealkylation sites (tertiary alicyclic amines) is 1. The predicted molar refractivity (Wildman–Crippen MR) is 104 cm³/mol. The number of amides is 1. The van der Waals surface area contributed by atoms with Gasteiger partial charge in [-0.15, -0.1) is 0 Å². The molecule has 6 heteroatoms. The van der Waals surface area contributed by atoms with E-state index in [0.717, 1.165) is 24.2 Å². The van der Waals surface area contributed by atoms with Gasteiger partial charge >= 0.3 is 6.09 Å². The summed E-state index contributed by atoms with van der Waals surface area (Å²) in [5.74, 6) is 0.837. The summed E-state index contributed by atoms with van der Waals surface area (Å²) in [6.07, 6.45) is 7.76. The first kappa shape index (κ1) is 17.3. The molecule has 3 aliphatic rings. The molecule has 1 aromatic carbocycles. The Morgan fingerprint density at radius 2 is 1.89 bits per heavy atom. The normalized spacial score (nSPS) is 24.7. The molecule has 5 rings (SSSR count). The number of benzene rings is 1. The summed E-state index contributed by atoms with van der Waals surface area (Å²) < 4.78 is 5.50. The molecule has 2 bridgehead atoms. The van der Waals surface area contributed by atoms with E-state index in [2.05, 4.69) is 17.1 Å². The van der Waals surface area contributed by atoms with E-state index in [1.165, 1.54) is 0 Å². The van der Waals surface area contributed by atoms with Gasteiger partial charge in [0.1, 0.15) is 12.7 Å². The lowest BCUT2D eigenvalue weighted by Crippen LogP contribution is -2.49. The first-order valence-electron chi connectivity index (χ1n) is 9.77. The first-order chi connectivity index (χ1) is 13.8. The zero-order valence-corrected chi connectivity index (χ0v) is 15.6. The average molecular weight is 377 g/mol. The molecule has 2 fully saturated rings. The highest BCUT2D eigenvalue weighted by molar-refractivity contribution is 5.67. The van der Waals surface area contributed by atoms with Gasteiger partial charge < -0.3 is 9.64 Å². The molecule has 3 heterocycles. The van der Waals surface area contributed by atoms with Crippen LogP contribution in [0.3, 0.4) is 0 Å². The molecule has 1 amide bonds. The summed E-state index contributed by atoms with van der Waals surface area (Å²) in [6, 6.07) is 15.8. The Labute approximate surface area is 164 Å². The lowest BCUT2D eigenvalue weighted by molar-refractivity contribution is 0.0276. The van der Waals surface area contributed by atoms with Gasteiger partial charge in [-0.3, -0.25) is 4.84 Å². The Morgan fingerprint density at radius 3 is 2.64 bits per heavy atom. The number of aromatic nitrogens is 1. The van der Waals surface area contributed by atoms with E-state index < -0.39 is 0 Å². The number of hydroxylamine groups is 1. The monoisotopic (exact) mass is 377 g/mol. The Morgan fingerprint density at radius 1 is 1.11 bits per heavy atom. The van der Waals surface area contributed by atoms with E-state index in [9.17, 15) is 4.79 Å². The average Bonchev–Trinajstić information content (AvgIpc) is 3.25. The van der Waals surface area contributed by atoms with Crippen molar-refractivity contribution in [1.29, 1.82) is 0 Å². The second-order valence-corrected chi connectivity index (χ2v) is 7.63. The molecule has 0 unspecified atom stereocenters. The summed E-state index contributed by atoms with van der Waals surface area (Å²) in [6.45, 7) is 1.67. The molecule has 28 heavy (non-hydrogen) atoms. The number of pyridine rings is 1. The van der Waals surface area contributed by atoms with Crippen LogP contribution in [0.1, 0.15) is 18.4 Å². The summed E-state index contributed by atoms with van der Waals surface area (Å²) in [7, 11) is 0. The highest BCUT2D eigenvalue weighted by Gasteiger charge is 2.58. The Hall–Kier alpha value is -2.86. The minimum Gasteiger partial charge on any atom is -0.445 e. The van der Waals surface area contributed by atoms with E-state index in [-0.39, 0.29) is 23.7 Å².